The molecule has 2 rings (SSSR count). The third-order valence-electron chi connectivity index (χ3n) is 2.51. The van der Waals surface area contributed by atoms with E-state index in [1.165, 1.54) is 0 Å². The number of nitrogens with zero attached hydrogens (tertiary/aromatic N) is 2. The number of aryl methyl sites for hydroxylation is 2. The van der Waals surface area contributed by atoms with Crippen molar-refractivity contribution in [2.75, 3.05) is 11.1 Å². The summed E-state index contributed by atoms with van der Waals surface area (Å²) >= 11 is 5.80. The SMILES string of the molecule is Cc1noc(C)c1CNc1nc(Cl)ccc1N. The molecule has 0 aliphatic heterocycles. The zero-order valence-electron chi connectivity index (χ0n) is 9.62. The largest absolute Gasteiger partial charge is 0.396 e. The van der Waals surface area contributed by atoms with Gasteiger partial charge in [0.25, 0.3) is 0 Å². The Balaban J connectivity index is 2.15. The summed E-state index contributed by atoms with van der Waals surface area (Å²) in [6.07, 6.45) is 0. The van der Waals surface area contributed by atoms with Gasteiger partial charge in [-0.25, -0.2) is 4.98 Å². The molecule has 0 saturated carbocycles. The highest BCUT2D eigenvalue weighted by molar-refractivity contribution is 6.29. The number of pyridine rings is 1. The summed E-state index contributed by atoms with van der Waals surface area (Å²) in [5.41, 5.74) is 8.20. The van der Waals surface area contributed by atoms with Gasteiger partial charge < -0.3 is 15.6 Å². The van der Waals surface area contributed by atoms with Gasteiger partial charge in [-0.05, 0) is 26.0 Å². The normalized spacial score (nSPS) is 10.5. The molecule has 2 heterocycles. The van der Waals surface area contributed by atoms with Crippen LogP contribution in [0.4, 0.5) is 11.5 Å². The standard InChI is InChI=1S/C11H13ClN4O/c1-6-8(7(2)17-16-6)5-14-11-9(13)3-4-10(12)15-11/h3-4H,5,13H2,1-2H3,(H,14,15). The van der Waals surface area contributed by atoms with Gasteiger partial charge >= 0.3 is 0 Å². The van der Waals surface area contributed by atoms with Crippen molar-refractivity contribution in [1.29, 1.82) is 0 Å². The minimum absolute atomic E-state index is 0.403. The van der Waals surface area contributed by atoms with Crippen LogP contribution in [0.2, 0.25) is 5.15 Å². The highest BCUT2D eigenvalue weighted by Gasteiger charge is 2.09. The van der Waals surface area contributed by atoms with E-state index < -0.39 is 0 Å². The van der Waals surface area contributed by atoms with Gasteiger partial charge in [-0.3, -0.25) is 0 Å². The first-order chi connectivity index (χ1) is 8.08. The Kier molecular flexibility index (Phi) is 3.19. The molecule has 0 amide bonds. The van der Waals surface area contributed by atoms with E-state index in [-0.39, 0.29) is 0 Å². The fraction of sp³-hybridized carbons (Fsp3) is 0.273. The van der Waals surface area contributed by atoms with E-state index in [1.54, 1.807) is 12.1 Å². The van der Waals surface area contributed by atoms with E-state index in [2.05, 4.69) is 15.5 Å². The van der Waals surface area contributed by atoms with Gasteiger partial charge in [-0.15, -0.1) is 0 Å². The first-order valence-corrected chi connectivity index (χ1v) is 5.53. The molecule has 0 fully saturated rings. The number of hydrogen-bond acceptors (Lipinski definition) is 5. The van der Waals surface area contributed by atoms with Gasteiger partial charge in [-0.1, -0.05) is 16.8 Å². The Bertz CT molecular complexity index is 519. The Hall–Kier alpha value is -1.75. The molecule has 90 valence electrons. The van der Waals surface area contributed by atoms with Crippen molar-refractivity contribution in [3.05, 3.63) is 34.3 Å². The highest BCUT2D eigenvalue weighted by Crippen LogP contribution is 2.20. The summed E-state index contributed by atoms with van der Waals surface area (Å²) in [5, 5.41) is 7.40. The topological polar surface area (TPSA) is 77.0 Å². The zero-order chi connectivity index (χ0) is 12.4. The fourth-order valence-electron chi connectivity index (χ4n) is 1.51. The molecule has 0 radical (unpaired) electrons. The van der Waals surface area contributed by atoms with Crippen LogP contribution in [-0.2, 0) is 6.54 Å². The molecule has 0 atom stereocenters. The molecule has 6 heteroatoms. The molecule has 17 heavy (non-hydrogen) atoms. The number of aromatic nitrogens is 2. The molecule has 0 spiro atoms. The average Bonchev–Trinajstić information content (AvgIpc) is 2.61. The zero-order valence-corrected chi connectivity index (χ0v) is 10.4. The number of rotatable bonds is 3. The maximum atomic E-state index is 5.80. The van der Waals surface area contributed by atoms with E-state index in [0.717, 1.165) is 17.0 Å². The second-order valence-electron chi connectivity index (χ2n) is 3.73. The number of nitrogen functional groups attached to an aromatic ring is 1. The third kappa shape index (κ3) is 2.50. The molecule has 3 N–H and O–H groups in total. The predicted octanol–water partition coefficient (Wildman–Crippen LogP) is 2.53. The molecule has 0 unspecified atom stereocenters. The average molecular weight is 253 g/mol. The van der Waals surface area contributed by atoms with Gasteiger partial charge in [0.05, 0.1) is 11.4 Å². The highest BCUT2D eigenvalue weighted by atomic mass is 35.5. The molecule has 5 nitrogen and oxygen atoms in total. The van der Waals surface area contributed by atoms with Crippen molar-refractivity contribution in [2.45, 2.75) is 20.4 Å². The minimum Gasteiger partial charge on any atom is -0.396 e. The van der Waals surface area contributed by atoms with Crippen LogP contribution >= 0.6 is 11.6 Å². The summed E-state index contributed by atoms with van der Waals surface area (Å²) in [7, 11) is 0. The second-order valence-corrected chi connectivity index (χ2v) is 4.12. The second kappa shape index (κ2) is 4.63. The van der Waals surface area contributed by atoms with Crippen molar-refractivity contribution in [1.82, 2.24) is 10.1 Å². The van der Waals surface area contributed by atoms with Crippen molar-refractivity contribution >= 4 is 23.1 Å². The summed E-state index contributed by atoms with van der Waals surface area (Å²) < 4.78 is 5.07. The Morgan fingerprint density at radius 2 is 2.18 bits per heavy atom. The summed E-state index contributed by atoms with van der Waals surface area (Å²) in [6, 6.07) is 3.36. The smallest absolute Gasteiger partial charge is 0.151 e. The maximum Gasteiger partial charge on any atom is 0.151 e. The molecular weight excluding hydrogens is 240 g/mol. The lowest BCUT2D eigenvalue weighted by Gasteiger charge is -2.08. The number of hydrogen-bond donors (Lipinski definition) is 2. The number of nitrogens with one attached hydrogen (secondary N) is 1. The lowest BCUT2D eigenvalue weighted by molar-refractivity contribution is 0.392. The number of nitrogens with two attached hydrogens (primary N) is 1. The van der Waals surface area contributed by atoms with Crippen molar-refractivity contribution in [3.8, 4) is 0 Å². The first kappa shape index (κ1) is 11.7. The van der Waals surface area contributed by atoms with E-state index in [4.69, 9.17) is 21.9 Å². The summed E-state index contributed by atoms with van der Waals surface area (Å²) in [5.74, 6) is 1.35. The van der Waals surface area contributed by atoms with Crippen molar-refractivity contribution < 1.29 is 4.52 Å². The van der Waals surface area contributed by atoms with E-state index in [1.807, 2.05) is 13.8 Å². The monoisotopic (exact) mass is 252 g/mol. The molecule has 0 aromatic carbocycles. The number of anilines is 2. The van der Waals surface area contributed by atoms with Gasteiger partial charge in [0.1, 0.15) is 10.9 Å². The van der Waals surface area contributed by atoms with Crippen LogP contribution in [0.15, 0.2) is 16.7 Å². The third-order valence-corrected chi connectivity index (χ3v) is 2.72. The van der Waals surface area contributed by atoms with Crippen molar-refractivity contribution in [3.63, 3.8) is 0 Å². The van der Waals surface area contributed by atoms with Crippen LogP contribution in [0, 0.1) is 13.8 Å². The molecule has 0 aliphatic rings. The Labute approximate surface area is 104 Å². The molecular formula is C11H13ClN4O. The fourth-order valence-corrected chi connectivity index (χ4v) is 1.66. The van der Waals surface area contributed by atoms with Crippen LogP contribution in [0.25, 0.3) is 0 Å². The molecule has 2 aromatic heterocycles. The van der Waals surface area contributed by atoms with Crippen LogP contribution in [-0.4, -0.2) is 10.1 Å². The van der Waals surface area contributed by atoms with Crippen LogP contribution in [0.3, 0.4) is 0 Å². The van der Waals surface area contributed by atoms with Crippen LogP contribution in [0.5, 0.6) is 0 Å². The maximum absolute atomic E-state index is 5.80. The Morgan fingerprint density at radius 3 is 2.82 bits per heavy atom. The predicted molar refractivity (Wildman–Crippen MR) is 67.0 cm³/mol. The Morgan fingerprint density at radius 1 is 1.41 bits per heavy atom. The quantitative estimate of drug-likeness (QED) is 0.821. The molecule has 2 aromatic rings. The van der Waals surface area contributed by atoms with E-state index in [0.29, 0.717) is 23.2 Å². The lowest BCUT2D eigenvalue weighted by atomic mass is 10.2. The minimum atomic E-state index is 0.403. The van der Waals surface area contributed by atoms with E-state index in [9.17, 15) is 0 Å². The first-order valence-electron chi connectivity index (χ1n) is 5.15. The van der Waals surface area contributed by atoms with E-state index >= 15 is 0 Å². The summed E-state index contributed by atoms with van der Waals surface area (Å²) in [6.45, 7) is 4.31. The van der Waals surface area contributed by atoms with Crippen molar-refractivity contribution in [2.24, 2.45) is 0 Å². The number of halogens is 1. The molecule has 0 bridgehead atoms. The lowest BCUT2D eigenvalue weighted by Crippen LogP contribution is -2.05. The molecule has 0 aliphatic carbocycles. The van der Waals surface area contributed by atoms with Gasteiger partial charge in [0.2, 0.25) is 0 Å². The van der Waals surface area contributed by atoms with Crippen LogP contribution in [0.1, 0.15) is 17.0 Å². The van der Waals surface area contributed by atoms with Crippen LogP contribution < -0.4 is 11.1 Å². The molecule has 0 saturated heterocycles. The van der Waals surface area contributed by atoms with Gasteiger partial charge in [-0.2, -0.15) is 0 Å². The van der Waals surface area contributed by atoms with Gasteiger partial charge in [0, 0.05) is 12.1 Å². The van der Waals surface area contributed by atoms with Gasteiger partial charge in [0.15, 0.2) is 5.82 Å². The summed E-state index contributed by atoms with van der Waals surface area (Å²) in [4.78, 5) is 4.11.